The summed E-state index contributed by atoms with van der Waals surface area (Å²) < 4.78 is 5.54. The van der Waals surface area contributed by atoms with Crippen LogP contribution in [0, 0.1) is 0 Å². The second-order valence-electron chi connectivity index (χ2n) is 8.18. The topological polar surface area (TPSA) is 83.5 Å². The minimum atomic E-state index is -0.548. The predicted octanol–water partition coefficient (Wildman–Crippen LogP) is 7.78. The van der Waals surface area contributed by atoms with Crippen LogP contribution in [0.25, 0.3) is 22.0 Å². The second-order valence-corrected chi connectivity index (χ2v) is 9.46. The molecular weight excluding hydrogens is 545 g/mol. The largest absolute Gasteiger partial charge is 0.422 e. The zero-order valence-corrected chi connectivity index (χ0v) is 21.8. The quantitative estimate of drug-likeness (QED) is 0.0959. The number of esters is 1. The number of rotatable bonds is 6. The van der Waals surface area contributed by atoms with Crippen molar-refractivity contribution in [2.75, 3.05) is 0 Å². The van der Waals surface area contributed by atoms with Crippen molar-refractivity contribution in [1.82, 2.24) is 10.4 Å². The Morgan fingerprint density at radius 3 is 2.32 bits per heavy atom. The number of amides is 1. The standard InChI is InChI=1S/C29H18Cl3N3O3/c30-20-12-10-18(11-13-20)29(37)38-24-9-5-4-8-19(24)16-33-35-28(36)27-25(17-6-2-1-3-7-17)22-14-21(31)15-23(32)26(22)34-27/h1-16,34H,(H,35,36). The molecule has 6 nitrogen and oxygen atoms in total. The van der Waals surface area contributed by atoms with Gasteiger partial charge in [-0.2, -0.15) is 5.10 Å². The van der Waals surface area contributed by atoms with Crippen LogP contribution < -0.4 is 10.2 Å². The number of nitrogens with one attached hydrogen (secondary N) is 2. The van der Waals surface area contributed by atoms with Crippen molar-refractivity contribution in [3.05, 3.63) is 123 Å². The summed E-state index contributed by atoms with van der Waals surface area (Å²) in [6.07, 6.45) is 1.40. The van der Waals surface area contributed by atoms with Gasteiger partial charge in [0.15, 0.2) is 0 Å². The molecule has 5 rings (SSSR count). The van der Waals surface area contributed by atoms with E-state index >= 15 is 0 Å². The summed E-state index contributed by atoms with van der Waals surface area (Å²) in [7, 11) is 0. The van der Waals surface area contributed by atoms with E-state index in [0.29, 0.717) is 42.7 Å². The van der Waals surface area contributed by atoms with Gasteiger partial charge in [0, 0.05) is 26.6 Å². The minimum absolute atomic E-state index is 0.273. The molecule has 0 saturated heterocycles. The van der Waals surface area contributed by atoms with Gasteiger partial charge in [-0.3, -0.25) is 4.79 Å². The third kappa shape index (κ3) is 5.43. The van der Waals surface area contributed by atoms with Gasteiger partial charge in [0.1, 0.15) is 11.4 Å². The van der Waals surface area contributed by atoms with Gasteiger partial charge in [0.05, 0.1) is 22.3 Å². The average molecular weight is 563 g/mol. The summed E-state index contributed by atoms with van der Waals surface area (Å²) in [6.45, 7) is 0. The van der Waals surface area contributed by atoms with Crippen LogP contribution in [0.5, 0.6) is 5.75 Å². The highest BCUT2D eigenvalue weighted by atomic mass is 35.5. The molecule has 0 unspecified atom stereocenters. The SMILES string of the molecule is O=C(Oc1ccccc1C=NNC(=O)c1[nH]c2c(Cl)cc(Cl)cc2c1-c1ccccc1)c1ccc(Cl)cc1. The number of hydrogen-bond acceptors (Lipinski definition) is 4. The van der Waals surface area contributed by atoms with Crippen molar-refractivity contribution in [1.29, 1.82) is 0 Å². The smallest absolute Gasteiger partial charge is 0.343 e. The van der Waals surface area contributed by atoms with Crippen molar-refractivity contribution in [3.8, 4) is 16.9 Å². The van der Waals surface area contributed by atoms with E-state index in [1.807, 2.05) is 30.3 Å². The van der Waals surface area contributed by atoms with Crippen LogP contribution in [0.15, 0.2) is 96.1 Å². The number of hydrogen-bond donors (Lipinski definition) is 2. The molecular formula is C29H18Cl3N3O3. The Morgan fingerprint density at radius 2 is 1.55 bits per heavy atom. The lowest BCUT2D eigenvalue weighted by molar-refractivity contribution is 0.0734. The highest BCUT2D eigenvalue weighted by molar-refractivity contribution is 6.39. The average Bonchev–Trinajstić information content (AvgIpc) is 3.30. The van der Waals surface area contributed by atoms with E-state index in [9.17, 15) is 9.59 Å². The molecule has 1 amide bonds. The van der Waals surface area contributed by atoms with E-state index in [-0.39, 0.29) is 11.4 Å². The number of aromatic nitrogens is 1. The fourth-order valence-electron chi connectivity index (χ4n) is 3.94. The van der Waals surface area contributed by atoms with Crippen LogP contribution in [0.2, 0.25) is 15.1 Å². The van der Waals surface area contributed by atoms with E-state index in [4.69, 9.17) is 39.5 Å². The van der Waals surface area contributed by atoms with Crippen LogP contribution >= 0.6 is 34.8 Å². The maximum absolute atomic E-state index is 13.2. The first-order chi connectivity index (χ1) is 18.4. The summed E-state index contributed by atoms with van der Waals surface area (Å²) in [4.78, 5) is 28.9. The van der Waals surface area contributed by atoms with Crippen LogP contribution in [-0.4, -0.2) is 23.1 Å². The lowest BCUT2D eigenvalue weighted by Crippen LogP contribution is -2.19. The molecule has 0 bridgehead atoms. The van der Waals surface area contributed by atoms with E-state index in [1.165, 1.54) is 6.21 Å². The normalized spacial score (nSPS) is 11.1. The molecule has 2 N–H and O–H groups in total. The first-order valence-corrected chi connectivity index (χ1v) is 12.5. The van der Waals surface area contributed by atoms with Crippen LogP contribution in [0.4, 0.5) is 0 Å². The Morgan fingerprint density at radius 1 is 0.842 bits per heavy atom. The highest BCUT2D eigenvalue weighted by Gasteiger charge is 2.21. The number of para-hydroxylation sites is 1. The maximum Gasteiger partial charge on any atom is 0.343 e. The van der Waals surface area contributed by atoms with Crippen molar-refractivity contribution in [2.24, 2.45) is 5.10 Å². The number of fused-ring (bicyclic) bond motifs is 1. The van der Waals surface area contributed by atoms with Gasteiger partial charge < -0.3 is 9.72 Å². The summed E-state index contributed by atoms with van der Waals surface area (Å²) in [6, 6.07) is 26.0. The molecule has 38 heavy (non-hydrogen) atoms. The molecule has 9 heteroatoms. The molecule has 0 radical (unpaired) electrons. The monoisotopic (exact) mass is 561 g/mol. The van der Waals surface area contributed by atoms with E-state index in [2.05, 4.69) is 15.5 Å². The Hall–Kier alpha value is -4.10. The van der Waals surface area contributed by atoms with Gasteiger partial charge in [-0.1, -0.05) is 77.3 Å². The lowest BCUT2D eigenvalue weighted by Gasteiger charge is -2.07. The van der Waals surface area contributed by atoms with Gasteiger partial charge in [-0.25, -0.2) is 10.2 Å². The van der Waals surface area contributed by atoms with Crippen molar-refractivity contribution in [2.45, 2.75) is 0 Å². The number of ether oxygens (including phenoxy) is 1. The van der Waals surface area contributed by atoms with Crippen LogP contribution in [0.1, 0.15) is 26.4 Å². The number of benzene rings is 4. The second kappa shape index (κ2) is 11.1. The van der Waals surface area contributed by atoms with E-state index in [1.54, 1.807) is 60.7 Å². The van der Waals surface area contributed by atoms with Gasteiger partial charge in [0.2, 0.25) is 0 Å². The van der Waals surface area contributed by atoms with E-state index < -0.39 is 11.9 Å². The molecule has 4 aromatic carbocycles. The Balaban J connectivity index is 1.41. The summed E-state index contributed by atoms with van der Waals surface area (Å²) in [5, 5.41) is 6.17. The molecule has 1 heterocycles. The zero-order chi connectivity index (χ0) is 26.6. The molecule has 188 valence electrons. The lowest BCUT2D eigenvalue weighted by atomic mass is 10.0. The van der Waals surface area contributed by atoms with Gasteiger partial charge in [-0.15, -0.1) is 0 Å². The highest BCUT2D eigenvalue weighted by Crippen LogP contribution is 2.37. The fourth-order valence-corrected chi connectivity index (χ4v) is 4.60. The third-order valence-electron chi connectivity index (χ3n) is 5.69. The van der Waals surface area contributed by atoms with Gasteiger partial charge in [-0.05, 0) is 54.1 Å². The first-order valence-electron chi connectivity index (χ1n) is 11.4. The fraction of sp³-hybridized carbons (Fsp3) is 0. The first kappa shape index (κ1) is 25.5. The zero-order valence-electron chi connectivity index (χ0n) is 19.5. The van der Waals surface area contributed by atoms with Crippen LogP contribution in [0.3, 0.4) is 0 Å². The summed E-state index contributed by atoms with van der Waals surface area (Å²) in [5.41, 5.74) is 5.70. The number of H-pyrrole nitrogens is 1. The Bertz CT molecular complexity index is 1680. The summed E-state index contributed by atoms with van der Waals surface area (Å²) in [5.74, 6) is -0.755. The molecule has 0 atom stereocenters. The molecule has 0 fully saturated rings. The van der Waals surface area contributed by atoms with Gasteiger partial charge in [0.25, 0.3) is 5.91 Å². The van der Waals surface area contributed by atoms with Gasteiger partial charge >= 0.3 is 5.97 Å². The number of carbonyl (C=O) groups is 2. The number of halogens is 3. The third-order valence-corrected chi connectivity index (χ3v) is 6.45. The molecule has 5 aromatic rings. The van der Waals surface area contributed by atoms with Crippen molar-refractivity contribution in [3.63, 3.8) is 0 Å². The number of nitrogens with zero attached hydrogens (tertiary/aromatic N) is 1. The number of carbonyl (C=O) groups excluding carboxylic acids is 2. The number of hydrazone groups is 1. The van der Waals surface area contributed by atoms with E-state index in [0.717, 1.165) is 5.56 Å². The predicted molar refractivity (Wildman–Crippen MR) is 152 cm³/mol. The summed E-state index contributed by atoms with van der Waals surface area (Å²) >= 11 is 18.6. The minimum Gasteiger partial charge on any atom is -0.422 e. The van der Waals surface area contributed by atoms with Crippen molar-refractivity contribution < 1.29 is 14.3 Å². The Kier molecular flexibility index (Phi) is 7.47. The molecule has 0 aliphatic heterocycles. The molecule has 0 aliphatic carbocycles. The molecule has 0 aliphatic rings. The number of aromatic amines is 1. The maximum atomic E-state index is 13.2. The molecule has 1 aromatic heterocycles. The van der Waals surface area contributed by atoms with Crippen LogP contribution in [-0.2, 0) is 0 Å². The molecule has 0 spiro atoms. The van der Waals surface area contributed by atoms with Crippen molar-refractivity contribution >= 4 is 63.8 Å². The Labute approximate surface area is 232 Å². The molecule has 0 saturated carbocycles.